The van der Waals surface area contributed by atoms with Gasteiger partial charge in [-0.2, -0.15) is 4.98 Å². The number of methoxy groups -OCH3 is 1. The van der Waals surface area contributed by atoms with Crippen LogP contribution in [0.4, 0.5) is 5.82 Å². The number of piperazine rings is 1. The summed E-state index contributed by atoms with van der Waals surface area (Å²) in [6.07, 6.45) is 5.30. The van der Waals surface area contributed by atoms with Crippen LogP contribution >= 0.6 is 34.8 Å². The number of ether oxygens (including phenoxy) is 1. The van der Waals surface area contributed by atoms with Crippen molar-refractivity contribution in [2.75, 3.05) is 31.6 Å². The van der Waals surface area contributed by atoms with E-state index in [9.17, 15) is 4.79 Å². The van der Waals surface area contributed by atoms with E-state index >= 15 is 0 Å². The number of carbonyl (C=O) groups excluding carboxylic acids is 1. The number of rotatable bonds is 9. The van der Waals surface area contributed by atoms with E-state index in [4.69, 9.17) is 44.5 Å². The molecule has 12 heteroatoms. The average molecular weight is 615 g/mol. The second kappa shape index (κ2) is 13.1. The van der Waals surface area contributed by atoms with Gasteiger partial charge < -0.3 is 15.0 Å². The zero-order valence-electron chi connectivity index (χ0n) is 22.7. The van der Waals surface area contributed by atoms with Gasteiger partial charge in [-0.15, -0.1) is 0 Å². The molecule has 1 saturated heterocycles. The molecule has 1 aliphatic rings. The minimum Gasteiger partial charge on any atom is -0.497 e. The molecule has 0 bridgehead atoms. The lowest BCUT2D eigenvalue weighted by Gasteiger charge is -2.42. The Morgan fingerprint density at radius 2 is 1.88 bits per heavy atom. The van der Waals surface area contributed by atoms with Crippen LogP contribution in [0.15, 0.2) is 67.3 Å². The molecule has 1 fully saturated rings. The Morgan fingerprint density at radius 1 is 1.07 bits per heavy atom. The van der Waals surface area contributed by atoms with Crippen LogP contribution in [0.3, 0.4) is 0 Å². The van der Waals surface area contributed by atoms with Crippen molar-refractivity contribution in [2.24, 2.45) is 0 Å². The highest BCUT2D eigenvalue weighted by Gasteiger charge is 2.31. The molecule has 0 radical (unpaired) electrons. The van der Waals surface area contributed by atoms with Crippen LogP contribution in [-0.2, 0) is 11.3 Å². The van der Waals surface area contributed by atoms with E-state index in [0.717, 1.165) is 23.4 Å². The number of halogens is 3. The largest absolute Gasteiger partial charge is 0.497 e. The van der Waals surface area contributed by atoms with Gasteiger partial charge in [-0.1, -0.05) is 53.0 Å². The van der Waals surface area contributed by atoms with Crippen LogP contribution in [0.5, 0.6) is 5.75 Å². The summed E-state index contributed by atoms with van der Waals surface area (Å²) in [5.74, 6) is 1.78. The van der Waals surface area contributed by atoms with Crippen LogP contribution in [0.25, 0.3) is 5.95 Å². The number of benzene rings is 2. The molecule has 5 rings (SSSR count). The van der Waals surface area contributed by atoms with Crippen molar-refractivity contribution in [2.45, 2.75) is 32.0 Å². The van der Waals surface area contributed by atoms with Crippen molar-refractivity contribution in [3.05, 3.63) is 93.6 Å². The molecule has 0 spiro atoms. The predicted octanol–water partition coefficient (Wildman–Crippen LogP) is 5.59. The fraction of sp³-hybridized carbons (Fsp3) is 0.310. The van der Waals surface area contributed by atoms with Crippen molar-refractivity contribution in [1.82, 2.24) is 29.7 Å². The molecule has 2 atom stereocenters. The Kier molecular flexibility index (Phi) is 9.29. The first-order valence-electron chi connectivity index (χ1n) is 13.2. The van der Waals surface area contributed by atoms with E-state index in [2.05, 4.69) is 25.1 Å². The standard InChI is InChI=1S/C29H30Cl3N7O2/c1-19(21-4-6-23(41-2)7-5-21)34-28(40)14-22-17-37(16-20-3-8-24(30)25(31)13-20)11-12-39(22)27-15-26(32)35-29(36-27)38-10-9-33-18-38/h3-10,13,15,18-19,22H,11-12,14,16-17H2,1-2H3,(H,34,40). The molecular formula is C29H30Cl3N7O2. The molecule has 0 aliphatic carbocycles. The van der Waals surface area contributed by atoms with Crippen LogP contribution < -0.4 is 15.0 Å². The average Bonchev–Trinajstić information content (AvgIpc) is 3.50. The summed E-state index contributed by atoms with van der Waals surface area (Å²) < 4.78 is 6.96. The fourth-order valence-corrected chi connectivity index (χ4v) is 5.45. The number of nitrogens with zero attached hydrogens (tertiary/aromatic N) is 6. The monoisotopic (exact) mass is 613 g/mol. The van der Waals surface area contributed by atoms with E-state index in [1.807, 2.05) is 49.4 Å². The Bertz CT molecular complexity index is 1480. The fourth-order valence-electron chi connectivity index (χ4n) is 4.96. The van der Waals surface area contributed by atoms with Gasteiger partial charge in [0.25, 0.3) is 0 Å². The van der Waals surface area contributed by atoms with E-state index in [0.29, 0.717) is 46.6 Å². The van der Waals surface area contributed by atoms with Gasteiger partial charge in [0.2, 0.25) is 11.9 Å². The molecule has 1 N–H and O–H groups in total. The topological polar surface area (TPSA) is 88.4 Å². The van der Waals surface area contributed by atoms with Gasteiger partial charge in [0.05, 0.1) is 29.2 Å². The lowest BCUT2D eigenvalue weighted by Crippen LogP contribution is -2.54. The Hall–Kier alpha value is -3.37. The molecule has 9 nitrogen and oxygen atoms in total. The normalized spacial score (nSPS) is 16.4. The first-order valence-corrected chi connectivity index (χ1v) is 14.3. The summed E-state index contributed by atoms with van der Waals surface area (Å²) in [5.41, 5.74) is 2.05. The van der Waals surface area contributed by atoms with Gasteiger partial charge in [0.15, 0.2) is 0 Å². The number of nitrogens with one attached hydrogen (secondary N) is 1. The van der Waals surface area contributed by atoms with Gasteiger partial charge >= 0.3 is 0 Å². The first-order chi connectivity index (χ1) is 19.8. The van der Waals surface area contributed by atoms with Crippen molar-refractivity contribution in [1.29, 1.82) is 0 Å². The number of aromatic nitrogens is 4. The quantitative estimate of drug-likeness (QED) is 0.246. The maximum absolute atomic E-state index is 13.4. The maximum atomic E-state index is 13.4. The predicted molar refractivity (Wildman–Crippen MR) is 161 cm³/mol. The Morgan fingerprint density at radius 3 is 2.59 bits per heavy atom. The third-order valence-electron chi connectivity index (χ3n) is 7.07. The number of carbonyl (C=O) groups is 1. The lowest BCUT2D eigenvalue weighted by molar-refractivity contribution is -0.122. The molecule has 3 heterocycles. The summed E-state index contributed by atoms with van der Waals surface area (Å²) in [5, 5.41) is 4.51. The highest BCUT2D eigenvalue weighted by molar-refractivity contribution is 6.42. The van der Waals surface area contributed by atoms with E-state index < -0.39 is 0 Å². The van der Waals surface area contributed by atoms with Gasteiger partial charge in [-0.05, 0) is 42.3 Å². The summed E-state index contributed by atoms with van der Waals surface area (Å²) in [7, 11) is 1.63. The Balaban J connectivity index is 1.36. The molecule has 214 valence electrons. The summed E-state index contributed by atoms with van der Waals surface area (Å²) in [4.78, 5) is 31.0. The van der Waals surface area contributed by atoms with E-state index in [1.54, 1.807) is 36.5 Å². The zero-order valence-corrected chi connectivity index (χ0v) is 24.9. The Labute approximate surface area is 254 Å². The SMILES string of the molecule is COc1ccc(C(C)NC(=O)CC2CN(Cc3ccc(Cl)c(Cl)c3)CCN2c2cc(Cl)nc(-n3ccnc3)n2)cc1. The van der Waals surface area contributed by atoms with Crippen LogP contribution in [-0.4, -0.2) is 63.1 Å². The number of imidazole rings is 1. The van der Waals surface area contributed by atoms with Crippen molar-refractivity contribution in [3.8, 4) is 11.7 Å². The van der Waals surface area contributed by atoms with Gasteiger partial charge in [-0.25, -0.2) is 9.97 Å². The summed E-state index contributed by atoms with van der Waals surface area (Å²) >= 11 is 18.8. The molecular weight excluding hydrogens is 585 g/mol. The third kappa shape index (κ3) is 7.29. The van der Waals surface area contributed by atoms with Crippen molar-refractivity contribution >= 4 is 46.5 Å². The lowest BCUT2D eigenvalue weighted by atomic mass is 10.0. The zero-order chi connectivity index (χ0) is 28.9. The van der Waals surface area contributed by atoms with Gasteiger partial charge in [0.1, 0.15) is 23.0 Å². The summed E-state index contributed by atoms with van der Waals surface area (Å²) in [6.45, 7) is 4.67. The van der Waals surface area contributed by atoms with Crippen LogP contribution in [0, 0.1) is 0 Å². The molecule has 2 aromatic carbocycles. The third-order valence-corrected chi connectivity index (χ3v) is 8.00. The number of amides is 1. The van der Waals surface area contributed by atoms with Crippen LogP contribution in [0.2, 0.25) is 15.2 Å². The maximum Gasteiger partial charge on any atom is 0.238 e. The summed E-state index contributed by atoms with van der Waals surface area (Å²) in [6, 6.07) is 14.7. The molecule has 2 unspecified atom stereocenters. The molecule has 2 aromatic heterocycles. The van der Waals surface area contributed by atoms with Gasteiger partial charge in [-0.3, -0.25) is 14.3 Å². The highest BCUT2D eigenvalue weighted by Crippen LogP contribution is 2.27. The van der Waals surface area contributed by atoms with Gasteiger partial charge in [0, 0.05) is 51.1 Å². The number of hydrogen-bond acceptors (Lipinski definition) is 7. The van der Waals surface area contributed by atoms with Crippen molar-refractivity contribution in [3.63, 3.8) is 0 Å². The molecule has 41 heavy (non-hydrogen) atoms. The number of hydrogen-bond donors (Lipinski definition) is 1. The molecule has 0 saturated carbocycles. The highest BCUT2D eigenvalue weighted by atomic mass is 35.5. The minimum atomic E-state index is -0.170. The molecule has 1 aliphatic heterocycles. The second-order valence-electron chi connectivity index (χ2n) is 9.92. The van der Waals surface area contributed by atoms with E-state index in [-0.39, 0.29) is 24.4 Å². The number of anilines is 1. The molecule has 1 amide bonds. The van der Waals surface area contributed by atoms with Crippen LogP contribution in [0.1, 0.15) is 30.5 Å². The van der Waals surface area contributed by atoms with E-state index in [1.165, 1.54) is 0 Å². The van der Waals surface area contributed by atoms with Crippen molar-refractivity contribution < 1.29 is 9.53 Å². The minimum absolute atomic E-state index is 0.0605. The first kappa shape index (κ1) is 29.1. The smallest absolute Gasteiger partial charge is 0.238 e. The molecule has 4 aromatic rings. The second-order valence-corrected chi connectivity index (χ2v) is 11.1.